The summed E-state index contributed by atoms with van der Waals surface area (Å²) in [5.74, 6) is 0. The third-order valence-electron chi connectivity index (χ3n) is 4.52. The molecule has 0 radical (unpaired) electrons. The average Bonchev–Trinajstić information content (AvgIpc) is 2.92. The van der Waals surface area contributed by atoms with Gasteiger partial charge in [0.1, 0.15) is 0 Å². The van der Waals surface area contributed by atoms with Crippen molar-refractivity contribution in [3.05, 3.63) is 71.8 Å². The van der Waals surface area contributed by atoms with E-state index in [4.69, 9.17) is 0 Å². The van der Waals surface area contributed by atoms with Crippen molar-refractivity contribution in [1.29, 1.82) is 0 Å². The normalized spacial score (nSPS) is 16.3. The van der Waals surface area contributed by atoms with E-state index in [1.807, 2.05) is 0 Å². The molecule has 0 atom stereocenters. The minimum Gasteiger partial charge on any atom is -0.323 e. The molecule has 0 N–H and O–H groups in total. The highest BCUT2D eigenvalue weighted by molar-refractivity contribution is 6.53. The monoisotopic (exact) mass is 292 g/mol. The lowest BCUT2D eigenvalue weighted by Gasteiger charge is -2.26. The number of benzene rings is 2. The van der Waals surface area contributed by atoms with Crippen molar-refractivity contribution >= 4 is 6.98 Å². The Kier molecular flexibility index (Phi) is 5.31. The molecular weight excluding hydrogens is 267 g/mol. The zero-order valence-electron chi connectivity index (χ0n) is 13.5. The lowest BCUT2D eigenvalue weighted by atomic mass is 9.68. The first-order valence-electron chi connectivity index (χ1n) is 8.43. The quantitative estimate of drug-likeness (QED) is 0.745. The molecule has 0 aromatic heterocycles. The van der Waals surface area contributed by atoms with Gasteiger partial charge in [-0.1, -0.05) is 74.0 Å². The maximum Gasteiger partial charge on any atom is 0.311 e. The van der Waals surface area contributed by atoms with Crippen LogP contribution in [0.25, 0.3) is 0 Å². The minimum atomic E-state index is 0.574. The van der Waals surface area contributed by atoms with Gasteiger partial charge in [-0.15, -0.1) is 0 Å². The highest BCUT2D eigenvalue weighted by Gasteiger charge is 2.35. The van der Waals surface area contributed by atoms with Crippen molar-refractivity contribution in [2.75, 3.05) is 13.1 Å². The van der Waals surface area contributed by atoms with Crippen LogP contribution in [0.4, 0.5) is 0 Å². The summed E-state index contributed by atoms with van der Waals surface area (Å²) in [6.45, 7) is 7.34. The lowest BCUT2D eigenvalue weighted by molar-refractivity contribution is 0.458. The second-order valence-electron chi connectivity index (χ2n) is 6.18. The number of nitrogens with zero attached hydrogens (tertiary/aromatic N) is 2. The molecule has 0 amide bonds. The van der Waals surface area contributed by atoms with Crippen LogP contribution in [0.3, 0.4) is 0 Å². The molecule has 0 spiro atoms. The Bertz CT molecular complexity index is 509. The van der Waals surface area contributed by atoms with Crippen molar-refractivity contribution in [3.63, 3.8) is 0 Å². The molecule has 0 unspecified atom stereocenters. The van der Waals surface area contributed by atoms with Gasteiger partial charge in [0.2, 0.25) is 0 Å². The van der Waals surface area contributed by atoms with Crippen LogP contribution < -0.4 is 0 Å². The highest BCUT2D eigenvalue weighted by Crippen LogP contribution is 2.21. The molecule has 2 aromatic carbocycles. The minimum absolute atomic E-state index is 0.574. The van der Waals surface area contributed by atoms with Crippen LogP contribution in [0.2, 0.25) is 6.32 Å². The number of rotatable bonds is 6. The van der Waals surface area contributed by atoms with E-state index in [0.717, 1.165) is 13.1 Å². The summed E-state index contributed by atoms with van der Waals surface area (Å²) < 4.78 is 0. The molecule has 1 saturated heterocycles. The second-order valence-corrected chi connectivity index (χ2v) is 6.18. The van der Waals surface area contributed by atoms with Gasteiger partial charge in [-0.2, -0.15) is 0 Å². The summed E-state index contributed by atoms with van der Waals surface area (Å²) in [5.41, 5.74) is 2.84. The average molecular weight is 292 g/mol. The lowest BCUT2D eigenvalue weighted by Crippen LogP contribution is -2.42. The van der Waals surface area contributed by atoms with Gasteiger partial charge in [0.15, 0.2) is 0 Å². The predicted molar refractivity (Wildman–Crippen MR) is 94.6 cm³/mol. The molecule has 1 aliphatic rings. The largest absolute Gasteiger partial charge is 0.323 e. The maximum atomic E-state index is 2.64. The van der Waals surface area contributed by atoms with Crippen LogP contribution in [0.1, 0.15) is 24.5 Å². The van der Waals surface area contributed by atoms with Crippen LogP contribution in [0, 0.1) is 0 Å². The van der Waals surface area contributed by atoms with Gasteiger partial charge < -0.3 is 9.62 Å². The van der Waals surface area contributed by atoms with Crippen molar-refractivity contribution < 1.29 is 0 Å². The van der Waals surface area contributed by atoms with E-state index in [-0.39, 0.29) is 0 Å². The molecular formula is C19H25BN2. The Morgan fingerprint density at radius 3 is 1.64 bits per heavy atom. The van der Waals surface area contributed by atoms with Gasteiger partial charge in [0.05, 0.1) is 0 Å². The van der Waals surface area contributed by atoms with Gasteiger partial charge in [0.25, 0.3) is 0 Å². The van der Waals surface area contributed by atoms with Crippen LogP contribution >= 0.6 is 0 Å². The Morgan fingerprint density at radius 2 is 1.23 bits per heavy atom. The fraction of sp³-hybridized carbons (Fsp3) is 0.368. The molecule has 0 saturated carbocycles. The van der Waals surface area contributed by atoms with E-state index in [2.05, 4.69) is 77.2 Å². The molecule has 2 nitrogen and oxygen atoms in total. The summed E-state index contributed by atoms with van der Waals surface area (Å²) in [6.07, 6.45) is 2.49. The van der Waals surface area contributed by atoms with Crippen molar-refractivity contribution in [3.8, 4) is 0 Å². The van der Waals surface area contributed by atoms with Gasteiger partial charge in [0, 0.05) is 26.2 Å². The zero-order chi connectivity index (χ0) is 15.2. The Balaban J connectivity index is 1.67. The standard InChI is InChI=1S/C19H25BN2/c1-2-13-20-21(16-18-9-5-3-6-10-18)14-15-22(20)17-19-11-7-4-8-12-19/h3-12H,2,13-17H2,1H3. The molecule has 3 heteroatoms. The first kappa shape index (κ1) is 15.3. The molecule has 1 heterocycles. The van der Waals surface area contributed by atoms with Crippen molar-refractivity contribution in [1.82, 2.24) is 9.62 Å². The van der Waals surface area contributed by atoms with Gasteiger partial charge in [-0.3, -0.25) is 0 Å². The van der Waals surface area contributed by atoms with Crippen LogP contribution in [0.5, 0.6) is 0 Å². The van der Waals surface area contributed by atoms with Crippen molar-refractivity contribution in [2.45, 2.75) is 32.8 Å². The van der Waals surface area contributed by atoms with Crippen LogP contribution in [-0.2, 0) is 13.1 Å². The zero-order valence-corrected chi connectivity index (χ0v) is 13.5. The van der Waals surface area contributed by atoms with E-state index in [9.17, 15) is 0 Å². The molecule has 3 rings (SSSR count). The molecule has 114 valence electrons. The molecule has 1 aliphatic heterocycles. The van der Waals surface area contributed by atoms with E-state index in [1.165, 1.54) is 37.0 Å². The van der Waals surface area contributed by atoms with E-state index in [1.54, 1.807) is 0 Å². The van der Waals surface area contributed by atoms with E-state index in [0.29, 0.717) is 6.98 Å². The van der Waals surface area contributed by atoms with Crippen LogP contribution in [0.15, 0.2) is 60.7 Å². The fourth-order valence-electron chi connectivity index (χ4n) is 3.41. The van der Waals surface area contributed by atoms with Crippen molar-refractivity contribution in [2.24, 2.45) is 0 Å². The Labute approximate surface area is 134 Å². The van der Waals surface area contributed by atoms with Crippen LogP contribution in [-0.4, -0.2) is 29.7 Å². The third-order valence-corrected chi connectivity index (χ3v) is 4.52. The summed E-state index contributed by atoms with van der Waals surface area (Å²) in [7, 11) is 0. The number of hydrogen-bond acceptors (Lipinski definition) is 2. The summed E-state index contributed by atoms with van der Waals surface area (Å²) in [6, 6.07) is 21.7. The topological polar surface area (TPSA) is 6.48 Å². The maximum absolute atomic E-state index is 2.64. The predicted octanol–water partition coefficient (Wildman–Crippen LogP) is 3.90. The molecule has 0 bridgehead atoms. The van der Waals surface area contributed by atoms with Gasteiger partial charge in [-0.05, 0) is 17.4 Å². The molecule has 22 heavy (non-hydrogen) atoms. The summed E-state index contributed by atoms with van der Waals surface area (Å²) in [4.78, 5) is 5.28. The third kappa shape index (κ3) is 3.79. The molecule has 0 aliphatic carbocycles. The summed E-state index contributed by atoms with van der Waals surface area (Å²) >= 11 is 0. The fourth-order valence-corrected chi connectivity index (χ4v) is 3.41. The van der Waals surface area contributed by atoms with E-state index < -0.39 is 0 Å². The first-order chi connectivity index (χ1) is 10.9. The molecule has 1 fully saturated rings. The van der Waals surface area contributed by atoms with E-state index >= 15 is 0 Å². The SMILES string of the molecule is CCCB1N(Cc2ccccc2)CCN1Cc1ccccc1. The Hall–Kier alpha value is -1.58. The van der Waals surface area contributed by atoms with Gasteiger partial charge >= 0.3 is 6.98 Å². The highest BCUT2D eigenvalue weighted by atomic mass is 15.3. The first-order valence-corrected chi connectivity index (χ1v) is 8.43. The van der Waals surface area contributed by atoms with Gasteiger partial charge in [-0.25, -0.2) is 0 Å². The molecule has 2 aromatic rings. The Morgan fingerprint density at radius 1 is 0.773 bits per heavy atom. The second kappa shape index (κ2) is 7.62. The smallest absolute Gasteiger partial charge is 0.311 e. The number of hydrogen-bond donors (Lipinski definition) is 0. The summed E-state index contributed by atoms with van der Waals surface area (Å²) in [5, 5.41) is 0.